The molecule has 0 atom stereocenters. The lowest BCUT2D eigenvalue weighted by molar-refractivity contribution is 0.0601. The number of esters is 1. The lowest BCUT2D eigenvalue weighted by Crippen LogP contribution is -2.07. The van der Waals surface area contributed by atoms with E-state index in [9.17, 15) is 4.79 Å². The lowest BCUT2D eigenvalue weighted by Gasteiger charge is -2.08. The molecule has 2 aromatic rings. The fourth-order valence-electron chi connectivity index (χ4n) is 1.39. The van der Waals surface area contributed by atoms with E-state index in [0.717, 1.165) is 0 Å². The summed E-state index contributed by atoms with van der Waals surface area (Å²) in [5.41, 5.74) is 6.15. The summed E-state index contributed by atoms with van der Waals surface area (Å²) in [6, 6.07) is 1.47. The van der Waals surface area contributed by atoms with Crippen molar-refractivity contribution in [2.75, 3.05) is 12.8 Å². The number of nitrogens with zero attached hydrogens (tertiary/aromatic N) is 3. The second-order valence-electron chi connectivity index (χ2n) is 3.52. The third-order valence-corrected chi connectivity index (χ3v) is 2.25. The second-order valence-corrected chi connectivity index (χ2v) is 3.52. The highest BCUT2D eigenvalue weighted by Gasteiger charge is 2.15. The minimum atomic E-state index is -0.536. The van der Waals surface area contributed by atoms with E-state index in [-0.39, 0.29) is 17.1 Å². The number of methoxy groups -OCH3 is 1. The van der Waals surface area contributed by atoms with Crippen molar-refractivity contribution >= 4 is 11.7 Å². The van der Waals surface area contributed by atoms with Crippen LogP contribution in [0.3, 0.4) is 0 Å². The van der Waals surface area contributed by atoms with Crippen molar-refractivity contribution in [3.05, 3.63) is 30.2 Å². The molecule has 0 bridgehead atoms. The number of rotatable bonds is 3. The van der Waals surface area contributed by atoms with Gasteiger partial charge in [0, 0.05) is 13.2 Å². The molecule has 0 aliphatic carbocycles. The number of carbonyl (C=O) groups excluding carboxylic acids is 1. The summed E-state index contributed by atoms with van der Waals surface area (Å²) in [4.78, 5) is 15.4. The minimum Gasteiger partial charge on any atom is -0.465 e. The Morgan fingerprint density at radius 1 is 1.50 bits per heavy atom. The van der Waals surface area contributed by atoms with Gasteiger partial charge >= 0.3 is 5.97 Å². The molecule has 2 rings (SSSR count). The molecule has 94 valence electrons. The van der Waals surface area contributed by atoms with E-state index in [4.69, 9.17) is 10.5 Å². The van der Waals surface area contributed by atoms with E-state index in [1.165, 1.54) is 25.6 Å². The third kappa shape index (κ3) is 2.24. The Bertz CT molecular complexity index is 579. The highest BCUT2D eigenvalue weighted by atomic mass is 16.5. The first-order valence-corrected chi connectivity index (χ1v) is 5.11. The van der Waals surface area contributed by atoms with Crippen LogP contribution in [0.4, 0.5) is 5.69 Å². The van der Waals surface area contributed by atoms with E-state index in [0.29, 0.717) is 5.75 Å². The highest BCUT2D eigenvalue weighted by Crippen LogP contribution is 2.27. The van der Waals surface area contributed by atoms with Crippen LogP contribution < -0.4 is 10.5 Å². The van der Waals surface area contributed by atoms with Gasteiger partial charge in [0.25, 0.3) is 0 Å². The van der Waals surface area contributed by atoms with Gasteiger partial charge in [0.1, 0.15) is 5.69 Å². The minimum absolute atomic E-state index is 0.133. The molecule has 0 aromatic carbocycles. The van der Waals surface area contributed by atoms with Gasteiger partial charge in [-0.2, -0.15) is 5.10 Å². The van der Waals surface area contributed by atoms with Crippen LogP contribution in [0.15, 0.2) is 24.7 Å². The lowest BCUT2D eigenvalue weighted by atomic mass is 10.2. The normalized spacial score (nSPS) is 10.1. The zero-order valence-electron chi connectivity index (χ0n) is 9.95. The summed E-state index contributed by atoms with van der Waals surface area (Å²) in [5.74, 6) is 0.0931. The van der Waals surface area contributed by atoms with Crippen molar-refractivity contribution in [2.24, 2.45) is 7.05 Å². The first-order valence-electron chi connectivity index (χ1n) is 5.11. The molecule has 0 saturated heterocycles. The van der Waals surface area contributed by atoms with Gasteiger partial charge in [0.05, 0.1) is 25.1 Å². The van der Waals surface area contributed by atoms with E-state index in [1.54, 1.807) is 17.9 Å². The van der Waals surface area contributed by atoms with Crippen LogP contribution in [0.5, 0.6) is 11.6 Å². The number of nitrogen functional groups attached to an aromatic ring is 1. The maximum absolute atomic E-state index is 11.4. The molecule has 7 heteroatoms. The van der Waals surface area contributed by atoms with Crippen LogP contribution in [0.2, 0.25) is 0 Å². The summed E-state index contributed by atoms with van der Waals surface area (Å²) >= 11 is 0. The second kappa shape index (κ2) is 4.74. The number of anilines is 1. The number of carbonyl (C=O) groups is 1. The molecule has 0 saturated carbocycles. The van der Waals surface area contributed by atoms with Crippen molar-refractivity contribution in [3.63, 3.8) is 0 Å². The fourth-order valence-corrected chi connectivity index (χ4v) is 1.39. The van der Waals surface area contributed by atoms with Crippen molar-refractivity contribution in [2.45, 2.75) is 0 Å². The van der Waals surface area contributed by atoms with Crippen molar-refractivity contribution in [1.29, 1.82) is 0 Å². The number of aryl methyl sites for hydroxylation is 1. The summed E-state index contributed by atoms with van der Waals surface area (Å²) < 4.78 is 11.6. The molecule has 2 heterocycles. The van der Waals surface area contributed by atoms with Gasteiger partial charge in [-0.25, -0.2) is 9.78 Å². The molecule has 0 spiro atoms. The predicted molar refractivity (Wildman–Crippen MR) is 63.3 cm³/mol. The molecule has 0 fully saturated rings. The number of ether oxygens (including phenoxy) is 2. The molecule has 2 aromatic heterocycles. The third-order valence-electron chi connectivity index (χ3n) is 2.25. The largest absolute Gasteiger partial charge is 0.465 e. The Morgan fingerprint density at radius 2 is 2.28 bits per heavy atom. The van der Waals surface area contributed by atoms with Crippen molar-refractivity contribution < 1.29 is 14.3 Å². The van der Waals surface area contributed by atoms with Gasteiger partial charge in [-0.15, -0.1) is 0 Å². The number of hydrogen-bond acceptors (Lipinski definition) is 6. The maximum Gasteiger partial charge on any atom is 0.340 e. The number of hydrogen-bond donors (Lipinski definition) is 1. The molecule has 7 nitrogen and oxygen atoms in total. The van der Waals surface area contributed by atoms with Gasteiger partial charge in [-0.3, -0.25) is 4.68 Å². The molecule has 18 heavy (non-hydrogen) atoms. The van der Waals surface area contributed by atoms with Crippen molar-refractivity contribution in [3.8, 4) is 11.6 Å². The summed E-state index contributed by atoms with van der Waals surface area (Å²) in [5, 5.41) is 3.95. The highest BCUT2D eigenvalue weighted by molar-refractivity contribution is 5.96. The van der Waals surface area contributed by atoms with Crippen LogP contribution in [0.25, 0.3) is 0 Å². The van der Waals surface area contributed by atoms with E-state index in [2.05, 4.69) is 14.8 Å². The van der Waals surface area contributed by atoms with Gasteiger partial charge in [0.2, 0.25) is 5.88 Å². The van der Waals surface area contributed by atoms with E-state index >= 15 is 0 Å². The number of nitrogens with two attached hydrogens (primary N) is 1. The predicted octanol–water partition coefficient (Wildman–Crippen LogP) is 0.976. The molecule has 0 unspecified atom stereocenters. The fraction of sp³-hybridized carbons (Fsp3) is 0.182. The van der Waals surface area contributed by atoms with Crippen LogP contribution >= 0.6 is 0 Å². The summed E-state index contributed by atoms with van der Waals surface area (Å²) in [6.45, 7) is 0. The van der Waals surface area contributed by atoms with Gasteiger partial charge in [-0.1, -0.05) is 0 Å². The van der Waals surface area contributed by atoms with E-state index in [1.807, 2.05) is 0 Å². The smallest absolute Gasteiger partial charge is 0.340 e. The first kappa shape index (κ1) is 11.9. The molecular weight excluding hydrogens is 236 g/mol. The Kier molecular flexibility index (Phi) is 3.13. The Morgan fingerprint density at radius 3 is 2.89 bits per heavy atom. The van der Waals surface area contributed by atoms with Gasteiger partial charge < -0.3 is 15.2 Å². The zero-order chi connectivity index (χ0) is 13.1. The Balaban J connectivity index is 2.31. The molecule has 0 aliphatic heterocycles. The van der Waals surface area contributed by atoms with Crippen LogP contribution in [0.1, 0.15) is 10.4 Å². The zero-order valence-corrected chi connectivity index (χ0v) is 9.95. The Labute approximate surface area is 103 Å². The molecule has 0 aliphatic rings. The quantitative estimate of drug-likeness (QED) is 0.814. The molecule has 0 amide bonds. The van der Waals surface area contributed by atoms with Crippen molar-refractivity contribution in [1.82, 2.24) is 14.8 Å². The Hall–Kier alpha value is -2.57. The van der Waals surface area contributed by atoms with Gasteiger partial charge in [-0.05, 0) is 6.07 Å². The van der Waals surface area contributed by atoms with Crippen LogP contribution in [0, 0.1) is 0 Å². The maximum atomic E-state index is 11.4. The SMILES string of the molecule is COC(=O)c1ccnc(Oc2cnn(C)c2)c1N. The topological polar surface area (TPSA) is 92.3 Å². The molecule has 2 N–H and O–H groups in total. The average molecular weight is 248 g/mol. The monoisotopic (exact) mass is 248 g/mol. The number of aromatic nitrogens is 3. The van der Waals surface area contributed by atoms with Gasteiger partial charge in [0.15, 0.2) is 5.75 Å². The van der Waals surface area contributed by atoms with Crippen LogP contribution in [-0.2, 0) is 11.8 Å². The average Bonchev–Trinajstić information content (AvgIpc) is 2.76. The first-order chi connectivity index (χ1) is 8.61. The van der Waals surface area contributed by atoms with Crippen LogP contribution in [-0.4, -0.2) is 27.8 Å². The standard InChI is InChI=1S/C11H12N4O3/c1-15-6-7(5-14-15)18-10-9(12)8(3-4-13-10)11(16)17-2/h3-6H,12H2,1-2H3. The molecule has 0 radical (unpaired) electrons. The van der Waals surface area contributed by atoms with E-state index < -0.39 is 5.97 Å². The molecular formula is C11H12N4O3. The summed E-state index contributed by atoms with van der Waals surface area (Å²) in [7, 11) is 3.04. The summed E-state index contributed by atoms with van der Waals surface area (Å²) in [6.07, 6.45) is 4.60. The number of pyridine rings is 1.